The van der Waals surface area contributed by atoms with Crippen LogP contribution in [-0.2, 0) is 22.5 Å². The fourth-order valence-electron chi connectivity index (χ4n) is 4.41. The number of halogens is 1. The van der Waals surface area contributed by atoms with E-state index in [4.69, 9.17) is 16.3 Å². The lowest BCUT2D eigenvalue weighted by molar-refractivity contribution is -0.143. The molecule has 8 nitrogen and oxygen atoms in total. The Kier molecular flexibility index (Phi) is 7.56. The standard InChI is InChI=1S/C30H25ClN4O4/c1-39-30(38)28(27-24-17-23(31)12-13-25(24)33-34-27)32-29(37)22-6-4-5-21(16-22)15-19-8-10-20(11-9-19)18-35-14-3-2-7-26(35)36/h2-14,16-17,28H,15,18H2,1H3,(H,32,37)(H,33,34). The Bertz CT molecular complexity index is 1710. The Morgan fingerprint density at radius 2 is 1.77 bits per heavy atom. The second-order valence-electron chi connectivity index (χ2n) is 9.09. The molecule has 3 aromatic carbocycles. The number of aromatic amines is 1. The van der Waals surface area contributed by atoms with Gasteiger partial charge < -0.3 is 14.6 Å². The van der Waals surface area contributed by atoms with Gasteiger partial charge in [0.25, 0.3) is 11.5 Å². The van der Waals surface area contributed by atoms with E-state index in [1.54, 1.807) is 53.2 Å². The molecule has 2 aromatic heterocycles. The van der Waals surface area contributed by atoms with Crippen molar-refractivity contribution < 1.29 is 14.3 Å². The molecule has 0 radical (unpaired) electrons. The number of methoxy groups -OCH3 is 1. The number of rotatable bonds is 8. The molecule has 0 saturated carbocycles. The first-order chi connectivity index (χ1) is 18.9. The zero-order valence-electron chi connectivity index (χ0n) is 21.1. The van der Waals surface area contributed by atoms with Crippen LogP contribution in [0.3, 0.4) is 0 Å². The maximum absolute atomic E-state index is 13.2. The van der Waals surface area contributed by atoms with Crippen LogP contribution in [0.1, 0.15) is 38.8 Å². The van der Waals surface area contributed by atoms with Crippen molar-refractivity contribution in [1.82, 2.24) is 20.1 Å². The number of esters is 1. The van der Waals surface area contributed by atoms with Crippen LogP contribution >= 0.6 is 11.6 Å². The van der Waals surface area contributed by atoms with Crippen LogP contribution in [0.2, 0.25) is 5.02 Å². The van der Waals surface area contributed by atoms with Crippen LogP contribution in [0, 0.1) is 0 Å². The number of nitrogens with zero attached hydrogens (tertiary/aromatic N) is 2. The smallest absolute Gasteiger partial charge is 0.334 e. The number of amides is 1. The van der Waals surface area contributed by atoms with E-state index in [0.29, 0.717) is 40.1 Å². The largest absolute Gasteiger partial charge is 0.467 e. The van der Waals surface area contributed by atoms with Gasteiger partial charge in [-0.3, -0.25) is 14.7 Å². The van der Waals surface area contributed by atoms with E-state index >= 15 is 0 Å². The molecule has 9 heteroatoms. The summed E-state index contributed by atoms with van der Waals surface area (Å²) < 4.78 is 6.60. The summed E-state index contributed by atoms with van der Waals surface area (Å²) >= 11 is 6.14. The molecule has 39 heavy (non-hydrogen) atoms. The Labute approximate surface area is 229 Å². The highest BCUT2D eigenvalue weighted by Crippen LogP contribution is 2.26. The van der Waals surface area contributed by atoms with Gasteiger partial charge >= 0.3 is 5.97 Å². The first-order valence-corrected chi connectivity index (χ1v) is 12.6. The zero-order valence-corrected chi connectivity index (χ0v) is 21.8. The zero-order chi connectivity index (χ0) is 27.4. The van der Waals surface area contributed by atoms with Crippen molar-refractivity contribution in [3.05, 3.63) is 134 Å². The molecule has 1 unspecified atom stereocenters. The van der Waals surface area contributed by atoms with Crippen LogP contribution in [-0.4, -0.2) is 33.8 Å². The highest BCUT2D eigenvalue weighted by molar-refractivity contribution is 6.31. The van der Waals surface area contributed by atoms with Crippen molar-refractivity contribution in [2.45, 2.75) is 19.0 Å². The Balaban J connectivity index is 1.31. The predicted molar refractivity (Wildman–Crippen MR) is 149 cm³/mol. The summed E-state index contributed by atoms with van der Waals surface area (Å²) in [6, 6.07) is 24.3. The fraction of sp³-hybridized carbons (Fsp3) is 0.133. The summed E-state index contributed by atoms with van der Waals surface area (Å²) in [7, 11) is 1.26. The van der Waals surface area contributed by atoms with E-state index in [2.05, 4.69) is 15.5 Å². The number of carbonyl (C=O) groups excluding carboxylic acids is 2. The minimum absolute atomic E-state index is 0.0459. The quantitative estimate of drug-likeness (QED) is 0.278. The van der Waals surface area contributed by atoms with Gasteiger partial charge in [-0.15, -0.1) is 0 Å². The highest BCUT2D eigenvalue weighted by atomic mass is 35.5. The minimum atomic E-state index is -1.12. The van der Waals surface area contributed by atoms with E-state index in [9.17, 15) is 14.4 Å². The molecule has 0 bridgehead atoms. The number of carbonyl (C=O) groups is 2. The van der Waals surface area contributed by atoms with Gasteiger partial charge in [-0.1, -0.05) is 54.1 Å². The van der Waals surface area contributed by atoms with Crippen molar-refractivity contribution in [3.8, 4) is 0 Å². The van der Waals surface area contributed by atoms with Crippen LogP contribution in [0.25, 0.3) is 10.9 Å². The van der Waals surface area contributed by atoms with Crippen molar-refractivity contribution in [2.75, 3.05) is 7.11 Å². The normalized spacial score (nSPS) is 11.7. The van der Waals surface area contributed by atoms with E-state index in [-0.39, 0.29) is 5.56 Å². The molecule has 0 spiro atoms. The Hall–Kier alpha value is -4.69. The van der Waals surface area contributed by atoms with Gasteiger partial charge in [0.1, 0.15) is 5.69 Å². The van der Waals surface area contributed by atoms with Gasteiger partial charge in [0.05, 0.1) is 19.2 Å². The summed E-state index contributed by atoms with van der Waals surface area (Å²) in [5.41, 5.74) is 4.37. The van der Waals surface area contributed by atoms with Crippen molar-refractivity contribution in [3.63, 3.8) is 0 Å². The van der Waals surface area contributed by atoms with E-state index in [1.165, 1.54) is 13.2 Å². The summed E-state index contributed by atoms with van der Waals surface area (Å²) in [4.78, 5) is 37.8. The second-order valence-corrected chi connectivity index (χ2v) is 9.53. The molecule has 1 atom stereocenters. The lowest BCUT2D eigenvalue weighted by atomic mass is 10.0. The van der Waals surface area contributed by atoms with E-state index in [1.807, 2.05) is 36.4 Å². The van der Waals surface area contributed by atoms with Gasteiger partial charge in [0.2, 0.25) is 0 Å². The summed E-state index contributed by atoms with van der Waals surface area (Å²) in [6.07, 6.45) is 2.37. The van der Waals surface area contributed by atoms with Crippen molar-refractivity contribution >= 4 is 34.4 Å². The minimum Gasteiger partial charge on any atom is -0.467 e. The lowest BCUT2D eigenvalue weighted by Crippen LogP contribution is -2.35. The number of ether oxygens (including phenoxy) is 1. The third-order valence-electron chi connectivity index (χ3n) is 6.41. The fourth-order valence-corrected chi connectivity index (χ4v) is 4.58. The molecule has 1 amide bonds. The molecular weight excluding hydrogens is 516 g/mol. The maximum atomic E-state index is 13.2. The molecule has 5 rings (SSSR count). The van der Waals surface area contributed by atoms with Crippen LogP contribution < -0.4 is 10.9 Å². The average molecular weight is 541 g/mol. The Morgan fingerprint density at radius 1 is 0.974 bits per heavy atom. The topological polar surface area (TPSA) is 106 Å². The Morgan fingerprint density at radius 3 is 2.54 bits per heavy atom. The monoisotopic (exact) mass is 540 g/mol. The van der Waals surface area contributed by atoms with Crippen LogP contribution in [0.5, 0.6) is 0 Å². The molecule has 0 aliphatic heterocycles. The van der Waals surface area contributed by atoms with Gasteiger partial charge in [-0.25, -0.2) is 4.79 Å². The number of benzene rings is 3. The summed E-state index contributed by atoms with van der Waals surface area (Å²) in [5.74, 6) is -1.08. The first-order valence-electron chi connectivity index (χ1n) is 12.3. The molecule has 0 aliphatic rings. The molecule has 196 valence electrons. The molecule has 2 heterocycles. The van der Waals surface area contributed by atoms with Crippen LogP contribution in [0.15, 0.2) is 95.9 Å². The summed E-state index contributed by atoms with van der Waals surface area (Å²) in [5, 5.41) is 11.0. The average Bonchev–Trinajstić information content (AvgIpc) is 3.36. The number of pyridine rings is 1. The molecule has 0 fully saturated rings. The molecule has 0 saturated heterocycles. The van der Waals surface area contributed by atoms with Gasteiger partial charge in [0.15, 0.2) is 6.04 Å². The summed E-state index contributed by atoms with van der Waals surface area (Å²) in [6.45, 7) is 0.495. The third-order valence-corrected chi connectivity index (χ3v) is 6.65. The highest BCUT2D eigenvalue weighted by Gasteiger charge is 2.28. The SMILES string of the molecule is COC(=O)C(NC(=O)c1cccc(Cc2ccc(Cn3ccccc3=O)cc2)c1)c1n[nH]c2ccc(Cl)cc12. The van der Waals surface area contributed by atoms with Crippen LogP contribution in [0.4, 0.5) is 0 Å². The molecule has 2 N–H and O–H groups in total. The second kappa shape index (κ2) is 11.4. The number of aromatic nitrogens is 3. The molecular formula is C30H25ClN4O4. The number of hydrogen-bond acceptors (Lipinski definition) is 5. The number of hydrogen-bond donors (Lipinski definition) is 2. The van der Waals surface area contributed by atoms with Crippen molar-refractivity contribution in [2.24, 2.45) is 0 Å². The van der Waals surface area contributed by atoms with Gasteiger partial charge in [-0.05, 0) is 59.5 Å². The number of fused-ring (bicyclic) bond motifs is 1. The number of H-pyrrole nitrogens is 1. The molecule has 5 aromatic rings. The first kappa shape index (κ1) is 25.9. The van der Waals surface area contributed by atoms with Crippen molar-refractivity contribution in [1.29, 1.82) is 0 Å². The maximum Gasteiger partial charge on any atom is 0.334 e. The van der Waals surface area contributed by atoms with Gasteiger partial charge in [0, 0.05) is 28.2 Å². The molecule has 0 aliphatic carbocycles. The third kappa shape index (κ3) is 5.91. The van der Waals surface area contributed by atoms with Gasteiger partial charge in [-0.2, -0.15) is 5.10 Å². The lowest BCUT2D eigenvalue weighted by Gasteiger charge is -2.15. The van der Waals surface area contributed by atoms with E-state index < -0.39 is 17.9 Å². The predicted octanol–water partition coefficient (Wildman–Crippen LogP) is 4.66. The van der Waals surface area contributed by atoms with E-state index in [0.717, 1.165) is 16.7 Å². The number of nitrogens with one attached hydrogen (secondary N) is 2.